The van der Waals surface area contributed by atoms with Crippen LogP contribution in [0.3, 0.4) is 0 Å². The van der Waals surface area contributed by atoms with Crippen LogP contribution in [-0.2, 0) is 11.3 Å². The van der Waals surface area contributed by atoms with E-state index < -0.39 is 0 Å². The molecule has 0 amide bonds. The minimum atomic E-state index is 0.690. The number of para-hydroxylation sites is 1. The van der Waals surface area contributed by atoms with E-state index in [4.69, 9.17) is 4.74 Å². The van der Waals surface area contributed by atoms with Crippen molar-refractivity contribution >= 4 is 5.96 Å². The fraction of sp³-hybridized carbons (Fsp3) is 0.474. The SMILES string of the molecule is CN=C(NCCN1CCOCC1)NCc1cn(-c2ccccc2)nc1C. The number of rotatable bonds is 6. The Morgan fingerprint density at radius 3 is 2.69 bits per heavy atom. The second-order valence-electron chi connectivity index (χ2n) is 6.33. The van der Waals surface area contributed by atoms with Crippen LogP contribution in [0.2, 0.25) is 0 Å². The zero-order chi connectivity index (χ0) is 18.2. The average Bonchev–Trinajstić information content (AvgIpc) is 3.07. The number of aliphatic imine (C=N–C) groups is 1. The number of nitrogens with one attached hydrogen (secondary N) is 2. The first kappa shape index (κ1) is 18.4. The van der Waals surface area contributed by atoms with Gasteiger partial charge in [-0.2, -0.15) is 5.10 Å². The largest absolute Gasteiger partial charge is 0.379 e. The summed E-state index contributed by atoms with van der Waals surface area (Å²) >= 11 is 0. The van der Waals surface area contributed by atoms with Crippen LogP contribution in [0.15, 0.2) is 41.5 Å². The lowest BCUT2D eigenvalue weighted by molar-refractivity contribution is 0.0389. The number of morpholine rings is 1. The zero-order valence-electron chi connectivity index (χ0n) is 15.6. The quantitative estimate of drug-likeness (QED) is 0.601. The van der Waals surface area contributed by atoms with E-state index in [-0.39, 0.29) is 0 Å². The number of hydrogen-bond donors (Lipinski definition) is 2. The zero-order valence-corrected chi connectivity index (χ0v) is 15.6. The highest BCUT2D eigenvalue weighted by Crippen LogP contribution is 2.11. The van der Waals surface area contributed by atoms with Crippen molar-refractivity contribution in [3.05, 3.63) is 47.8 Å². The van der Waals surface area contributed by atoms with Gasteiger partial charge in [0, 0.05) is 51.5 Å². The molecule has 140 valence electrons. The molecular formula is C19H28N6O. The van der Waals surface area contributed by atoms with Crippen LogP contribution in [0.25, 0.3) is 5.69 Å². The Kier molecular flexibility index (Phi) is 6.62. The van der Waals surface area contributed by atoms with Crippen LogP contribution >= 0.6 is 0 Å². The molecule has 1 aliphatic rings. The van der Waals surface area contributed by atoms with E-state index in [1.807, 2.05) is 29.8 Å². The normalized spacial score (nSPS) is 15.8. The molecular weight excluding hydrogens is 328 g/mol. The summed E-state index contributed by atoms with van der Waals surface area (Å²) in [5, 5.41) is 11.4. The maximum Gasteiger partial charge on any atom is 0.191 e. The first-order valence-electron chi connectivity index (χ1n) is 9.11. The topological polar surface area (TPSA) is 66.7 Å². The van der Waals surface area contributed by atoms with Gasteiger partial charge >= 0.3 is 0 Å². The molecule has 2 N–H and O–H groups in total. The highest BCUT2D eigenvalue weighted by atomic mass is 16.5. The molecule has 3 rings (SSSR count). The van der Waals surface area contributed by atoms with E-state index in [2.05, 4.69) is 44.0 Å². The van der Waals surface area contributed by atoms with Crippen molar-refractivity contribution < 1.29 is 4.74 Å². The second-order valence-corrected chi connectivity index (χ2v) is 6.33. The summed E-state index contributed by atoms with van der Waals surface area (Å²) in [6.45, 7) is 8.25. The molecule has 1 aliphatic heterocycles. The van der Waals surface area contributed by atoms with Crippen molar-refractivity contribution in [3.63, 3.8) is 0 Å². The van der Waals surface area contributed by atoms with E-state index in [0.717, 1.165) is 62.3 Å². The summed E-state index contributed by atoms with van der Waals surface area (Å²) in [6, 6.07) is 10.1. The molecule has 0 saturated carbocycles. The van der Waals surface area contributed by atoms with Gasteiger partial charge in [0.2, 0.25) is 0 Å². The Balaban J connectivity index is 1.48. The Bertz CT molecular complexity index is 706. The van der Waals surface area contributed by atoms with Crippen LogP contribution in [0, 0.1) is 6.92 Å². The van der Waals surface area contributed by atoms with E-state index >= 15 is 0 Å². The second kappa shape index (κ2) is 9.35. The standard InChI is InChI=1S/C19H28N6O/c1-16-17(15-25(23-16)18-6-4-3-5-7-18)14-22-19(20-2)21-8-9-24-10-12-26-13-11-24/h3-7,15H,8-14H2,1-2H3,(H2,20,21,22). The monoisotopic (exact) mass is 356 g/mol. The van der Waals surface area contributed by atoms with Crippen LogP contribution in [0.4, 0.5) is 0 Å². The van der Waals surface area contributed by atoms with Gasteiger partial charge in [0.25, 0.3) is 0 Å². The van der Waals surface area contributed by atoms with E-state index in [1.54, 1.807) is 7.05 Å². The third-order valence-corrected chi connectivity index (χ3v) is 4.52. The minimum Gasteiger partial charge on any atom is -0.379 e. The lowest BCUT2D eigenvalue weighted by Gasteiger charge is -2.26. The maximum absolute atomic E-state index is 5.37. The highest BCUT2D eigenvalue weighted by Gasteiger charge is 2.10. The molecule has 1 saturated heterocycles. The van der Waals surface area contributed by atoms with Gasteiger partial charge in [-0.1, -0.05) is 18.2 Å². The number of hydrogen-bond acceptors (Lipinski definition) is 4. The van der Waals surface area contributed by atoms with Crippen molar-refractivity contribution in [2.24, 2.45) is 4.99 Å². The summed E-state index contributed by atoms with van der Waals surface area (Å²) in [5.41, 5.74) is 3.24. The fourth-order valence-electron chi connectivity index (χ4n) is 2.94. The number of ether oxygens (including phenoxy) is 1. The predicted octanol–water partition coefficient (Wildman–Crippen LogP) is 1.18. The predicted molar refractivity (Wildman–Crippen MR) is 104 cm³/mol. The lowest BCUT2D eigenvalue weighted by atomic mass is 10.2. The summed E-state index contributed by atoms with van der Waals surface area (Å²) in [4.78, 5) is 6.71. The first-order valence-corrected chi connectivity index (χ1v) is 9.11. The van der Waals surface area contributed by atoms with Crippen molar-refractivity contribution in [2.45, 2.75) is 13.5 Å². The molecule has 0 unspecified atom stereocenters. The third kappa shape index (κ3) is 5.06. The Hall–Kier alpha value is -2.38. The molecule has 1 fully saturated rings. The third-order valence-electron chi connectivity index (χ3n) is 4.52. The Morgan fingerprint density at radius 1 is 1.19 bits per heavy atom. The Morgan fingerprint density at radius 2 is 1.96 bits per heavy atom. The number of aryl methyl sites for hydroxylation is 1. The summed E-state index contributed by atoms with van der Waals surface area (Å²) in [5.74, 6) is 0.810. The minimum absolute atomic E-state index is 0.690. The van der Waals surface area contributed by atoms with Crippen LogP contribution in [-0.4, -0.2) is 67.1 Å². The molecule has 2 heterocycles. The number of benzene rings is 1. The molecule has 0 radical (unpaired) electrons. The Labute approximate surface area is 155 Å². The van der Waals surface area contributed by atoms with Crippen molar-refractivity contribution in [1.82, 2.24) is 25.3 Å². The van der Waals surface area contributed by atoms with Gasteiger partial charge in [0.15, 0.2) is 5.96 Å². The molecule has 7 heteroatoms. The number of nitrogens with zero attached hydrogens (tertiary/aromatic N) is 4. The van der Waals surface area contributed by atoms with Crippen LogP contribution < -0.4 is 10.6 Å². The van der Waals surface area contributed by atoms with Gasteiger partial charge in [-0.25, -0.2) is 4.68 Å². The van der Waals surface area contributed by atoms with E-state index in [9.17, 15) is 0 Å². The van der Waals surface area contributed by atoms with Crippen molar-refractivity contribution in [1.29, 1.82) is 0 Å². The smallest absolute Gasteiger partial charge is 0.191 e. The average molecular weight is 356 g/mol. The lowest BCUT2D eigenvalue weighted by Crippen LogP contribution is -2.44. The maximum atomic E-state index is 5.37. The van der Waals surface area contributed by atoms with E-state index in [1.165, 1.54) is 0 Å². The van der Waals surface area contributed by atoms with Gasteiger partial charge in [0.1, 0.15) is 0 Å². The molecule has 0 atom stereocenters. The summed E-state index contributed by atoms with van der Waals surface area (Å²) < 4.78 is 7.29. The van der Waals surface area contributed by atoms with Crippen molar-refractivity contribution in [3.8, 4) is 5.69 Å². The highest BCUT2D eigenvalue weighted by molar-refractivity contribution is 5.79. The van der Waals surface area contributed by atoms with Crippen LogP contribution in [0.1, 0.15) is 11.3 Å². The van der Waals surface area contributed by atoms with Gasteiger partial charge in [-0.15, -0.1) is 0 Å². The van der Waals surface area contributed by atoms with Crippen LogP contribution in [0.5, 0.6) is 0 Å². The van der Waals surface area contributed by atoms with E-state index in [0.29, 0.717) is 6.54 Å². The number of guanidine groups is 1. The van der Waals surface area contributed by atoms with Crippen molar-refractivity contribution in [2.75, 3.05) is 46.4 Å². The molecule has 7 nitrogen and oxygen atoms in total. The van der Waals surface area contributed by atoms with Gasteiger partial charge in [-0.3, -0.25) is 9.89 Å². The molecule has 0 aliphatic carbocycles. The molecule has 0 spiro atoms. The fourth-order valence-corrected chi connectivity index (χ4v) is 2.94. The molecule has 1 aromatic heterocycles. The summed E-state index contributed by atoms with van der Waals surface area (Å²) in [7, 11) is 1.80. The first-order chi connectivity index (χ1) is 12.8. The van der Waals surface area contributed by atoms with Gasteiger partial charge in [-0.05, 0) is 19.1 Å². The molecule has 2 aromatic rings. The molecule has 1 aromatic carbocycles. The number of aromatic nitrogens is 2. The molecule has 0 bridgehead atoms. The summed E-state index contributed by atoms with van der Waals surface area (Å²) in [6.07, 6.45) is 2.07. The molecule has 26 heavy (non-hydrogen) atoms. The van der Waals surface area contributed by atoms with Gasteiger partial charge in [0.05, 0.1) is 24.6 Å². The van der Waals surface area contributed by atoms with Gasteiger partial charge < -0.3 is 15.4 Å².